The van der Waals surface area contributed by atoms with Crippen molar-refractivity contribution in [1.82, 2.24) is 4.98 Å². The second kappa shape index (κ2) is 5.01. The Kier molecular flexibility index (Phi) is 2.83. The summed E-state index contributed by atoms with van der Waals surface area (Å²) in [5.41, 5.74) is 2.41. The largest absolute Gasteiger partial charge is 0.256 e. The molecule has 0 aliphatic carbocycles. The van der Waals surface area contributed by atoms with E-state index >= 15 is 0 Å². The van der Waals surface area contributed by atoms with Crippen LogP contribution in [-0.4, -0.2) is 4.98 Å². The van der Waals surface area contributed by atoms with Crippen LogP contribution in [0.15, 0.2) is 85.1 Å². The standard InChI is InChI=1S/C21H14NP/c1-2-8-16(9-3-1)23-18-11-5-4-10-17(18)21-20-15(13-14-22-21)7-6-12-19(20)23/h1-14H. The fraction of sp³-hybridized carbons (Fsp3) is 0. The Labute approximate surface area is 136 Å². The summed E-state index contributed by atoms with van der Waals surface area (Å²) in [6.45, 7) is 0. The molecule has 0 saturated heterocycles. The SMILES string of the molecule is c1ccc(P2c3ccccc3-c3nccc4cccc2c34)cc1. The van der Waals surface area contributed by atoms with Crippen molar-refractivity contribution in [1.29, 1.82) is 0 Å². The van der Waals surface area contributed by atoms with Crippen LogP contribution in [-0.2, 0) is 0 Å². The van der Waals surface area contributed by atoms with E-state index in [1.807, 2.05) is 6.20 Å². The molecule has 0 fully saturated rings. The minimum absolute atomic E-state index is 0.528. The first kappa shape index (κ1) is 13.0. The molecule has 2 heteroatoms. The van der Waals surface area contributed by atoms with Gasteiger partial charge >= 0.3 is 0 Å². The molecular weight excluding hydrogens is 297 g/mol. The van der Waals surface area contributed by atoms with Crippen LogP contribution in [0.4, 0.5) is 0 Å². The van der Waals surface area contributed by atoms with E-state index in [9.17, 15) is 0 Å². The average Bonchev–Trinajstić information content (AvgIpc) is 2.63. The summed E-state index contributed by atoms with van der Waals surface area (Å²) in [5, 5.41) is 6.84. The van der Waals surface area contributed by atoms with E-state index in [4.69, 9.17) is 4.98 Å². The molecule has 1 unspecified atom stereocenters. The van der Waals surface area contributed by atoms with E-state index in [0.717, 1.165) is 5.69 Å². The number of aromatic nitrogens is 1. The van der Waals surface area contributed by atoms with Crippen LogP contribution in [0.1, 0.15) is 0 Å². The highest BCUT2D eigenvalue weighted by Gasteiger charge is 2.28. The summed E-state index contributed by atoms with van der Waals surface area (Å²) < 4.78 is 0. The number of rotatable bonds is 1. The van der Waals surface area contributed by atoms with Crippen LogP contribution in [0.25, 0.3) is 22.0 Å². The molecule has 0 spiro atoms. The Bertz CT molecular complexity index is 1020. The van der Waals surface area contributed by atoms with Crippen LogP contribution in [0.3, 0.4) is 0 Å². The van der Waals surface area contributed by atoms with Gasteiger partial charge in [0.2, 0.25) is 0 Å². The van der Waals surface area contributed by atoms with E-state index in [1.165, 1.54) is 32.2 Å². The van der Waals surface area contributed by atoms with Crippen LogP contribution in [0, 0.1) is 0 Å². The van der Waals surface area contributed by atoms with E-state index < -0.39 is 7.92 Å². The summed E-state index contributed by atoms with van der Waals surface area (Å²) in [5.74, 6) is 0. The van der Waals surface area contributed by atoms with E-state index in [-0.39, 0.29) is 0 Å². The van der Waals surface area contributed by atoms with Crippen LogP contribution in [0.5, 0.6) is 0 Å². The lowest BCUT2D eigenvalue weighted by atomic mass is 10.0. The molecule has 1 aromatic heterocycles. The molecule has 2 heterocycles. The number of pyridine rings is 1. The summed E-state index contributed by atoms with van der Waals surface area (Å²) in [6.07, 6.45) is 1.92. The van der Waals surface area contributed by atoms with Gasteiger partial charge in [0.1, 0.15) is 0 Å². The van der Waals surface area contributed by atoms with Gasteiger partial charge in [-0.1, -0.05) is 72.8 Å². The molecule has 0 radical (unpaired) electrons. The Hall–Kier alpha value is -2.50. The minimum Gasteiger partial charge on any atom is -0.256 e. The molecule has 5 rings (SSSR count). The van der Waals surface area contributed by atoms with Crippen LogP contribution < -0.4 is 15.9 Å². The van der Waals surface area contributed by atoms with Crippen molar-refractivity contribution < 1.29 is 0 Å². The van der Waals surface area contributed by atoms with Crippen molar-refractivity contribution in [2.45, 2.75) is 0 Å². The number of fused-ring (bicyclic) bond motifs is 2. The van der Waals surface area contributed by atoms with Crippen molar-refractivity contribution in [3.63, 3.8) is 0 Å². The zero-order chi connectivity index (χ0) is 15.2. The third kappa shape index (κ3) is 1.87. The highest BCUT2D eigenvalue weighted by molar-refractivity contribution is 7.80. The van der Waals surface area contributed by atoms with Crippen molar-refractivity contribution >= 4 is 34.6 Å². The lowest BCUT2D eigenvalue weighted by Crippen LogP contribution is -2.26. The summed E-state index contributed by atoms with van der Waals surface area (Å²) >= 11 is 0. The van der Waals surface area contributed by atoms with Gasteiger partial charge in [-0.15, -0.1) is 0 Å². The number of nitrogens with zero attached hydrogens (tertiary/aromatic N) is 1. The third-order valence-corrected chi connectivity index (χ3v) is 6.97. The molecule has 0 bridgehead atoms. The average molecular weight is 311 g/mol. The molecule has 0 saturated carbocycles. The van der Waals surface area contributed by atoms with Gasteiger partial charge in [-0.25, -0.2) is 0 Å². The predicted octanol–water partition coefficient (Wildman–Crippen LogP) is 3.97. The van der Waals surface area contributed by atoms with Gasteiger partial charge in [0, 0.05) is 17.1 Å². The maximum Gasteiger partial charge on any atom is 0.0793 e. The highest BCUT2D eigenvalue weighted by atomic mass is 31.1. The molecule has 1 atom stereocenters. The summed E-state index contributed by atoms with van der Waals surface area (Å²) in [6, 6.07) is 28.4. The lowest BCUT2D eigenvalue weighted by Gasteiger charge is -2.28. The van der Waals surface area contributed by atoms with E-state index in [0.29, 0.717) is 0 Å². The molecule has 1 aliphatic heterocycles. The van der Waals surface area contributed by atoms with Crippen molar-refractivity contribution in [2.75, 3.05) is 0 Å². The summed E-state index contributed by atoms with van der Waals surface area (Å²) in [7, 11) is -0.528. The lowest BCUT2D eigenvalue weighted by molar-refractivity contribution is 1.36. The first-order valence-corrected chi connectivity index (χ1v) is 9.10. The zero-order valence-corrected chi connectivity index (χ0v) is 13.4. The Morgan fingerprint density at radius 2 is 1.43 bits per heavy atom. The maximum absolute atomic E-state index is 4.72. The van der Waals surface area contributed by atoms with E-state index in [2.05, 4.69) is 78.9 Å². The molecule has 108 valence electrons. The van der Waals surface area contributed by atoms with Crippen LogP contribution in [0.2, 0.25) is 0 Å². The van der Waals surface area contributed by atoms with Gasteiger partial charge in [0.05, 0.1) is 5.69 Å². The molecule has 1 nitrogen and oxygen atoms in total. The van der Waals surface area contributed by atoms with E-state index in [1.54, 1.807) is 0 Å². The van der Waals surface area contributed by atoms with Gasteiger partial charge in [0.15, 0.2) is 0 Å². The topological polar surface area (TPSA) is 12.9 Å². The smallest absolute Gasteiger partial charge is 0.0793 e. The van der Waals surface area contributed by atoms with Crippen molar-refractivity contribution in [3.8, 4) is 11.3 Å². The molecule has 3 aromatic carbocycles. The van der Waals surface area contributed by atoms with Gasteiger partial charge in [-0.2, -0.15) is 0 Å². The molecule has 0 N–H and O–H groups in total. The summed E-state index contributed by atoms with van der Waals surface area (Å²) in [4.78, 5) is 4.72. The highest BCUT2D eigenvalue weighted by Crippen LogP contribution is 2.44. The number of benzene rings is 3. The Balaban J connectivity index is 1.95. The van der Waals surface area contributed by atoms with Gasteiger partial charge in [-0.05, 0) is 35.3 Å². The Morgan fingerprint density at radius 1 is 0.652 bits per heavy atom. The molecule has 0 amide bonds. The third-order valence-electron chi connectivity index (χ3n) is 4.42. The first-order valence-electron chi connectivity index (χ1n) is 7.76. The molecule has 4 aromatic rings. The minimum atomic E-state index is -0.528. The maximum atomic E-state index is 4.72. The van der Waals surface area contributed by atoms with Crippen molar-refractivity contribution in [3.05, 3.63) is 85.1 Å². The second-order valence-electron chi connectivity index (χ2n) is 5.72. The quantitative estimate of drug-likeness (QED) is 0.427. The van der Waals surface area contributed by atoms with Gasteiger partial charge in [0.25, 0.3) is 0 Å². The van der Waals surface area contributed by atoms with Gasteiger partial charge in [-0.3, -0.25) is 4.98 Å². The monoisotopic (exact) mass is 311 g/mol. The first-order chi connectivity index (χ1) is 11.4. The fourth-order valence-corrected chi connectivity index (χ4v) is 6.09. The van der Waals surface area contributed by atoms with Gasteiger partial charge < -0.3 is 0 Å². The molecule has 23 heavy (non-hydrogen) atoms. The fourth-order valence-electron chi connectivity index (χ4n) is 3.46. The molecule has 1 aliphatic rings. The normalized spacial score (nSPS) is 15.4. The number of hydrogen-bond acceptors (Lipinski definition) is 1. The zero-order valence-electron chi connectivity index (χ0n) is 12.5. The number of hydrogen-bond donors (Lipinski definition) is 0. The second-order valence-corrected chi connectivity index (χ2v) is 7.87. The Morgan fingerprint density at radius 3 is 2.35 bits per heavy atom. The molecular formula is C21H14NP. The van der Waals surface area contributed by atoms with Crippen molar-refractivity contribution in [2.24, 2.45) is 0 Å². The predicted molar refractivity (Wildman–Crippen MR) is 99.4 cm³/mol. The van der Waals surface area contributed by atoms with Crippen LogP contribution >= 0.6 is 7.92 Å².